The van der Waals surface area contributed by atoms with E-state index in [1.165, 1.54) is 6.07 Å². The van der Waals surface area contributed by atoms with Gasteiger partial charge in [-0.1, -0.05) is 64.6 Å². The Morgan fingerprint density at radius 3 is 2.21 bits per heavy atom. The van der Waals surface area contributed by atoms with Gasteiger partial charge in [0.1, 0.15) is 5.76 Å². The standard InChI is InChI=1S/C18H31NO4Si/c1-11(2)24(12(3)4)14(6)8-7-13(5)17-15(10-20)9-16(23-17)18(21)19-22/h9,11-14,20,24H,7-8,10H2,1-6H3. The predicted molar refractivity (Wildman–Crippen MR) is 99.2 cm³/mol. The van der Waals surface area contributed by atoms with E-state index in [4.69, 9.17) is 4.42 Å². The molecule has 0 aliphatic carbocycles. The maximum atomic E-state index is 11.4. The largest absolute Gasteiger partial charge is 0.455 e. The van der Waals surface area contributed by atoms with E-state index in [1.54, 1.807) is 0 Å². The molecule has 0 spiro atoms. The minimum Gasteiger partial charge on any atom is -0.455 e. The summed E-state index contributed by atoms with van der Waals surface area (Å²) in [5.41, 5.74) is 2.84. The predicted octanol–water partition coefficient (Wildman–Crippen LogP) is 5.00. The third kappa shape index (κ3) is 5.11. The molecule has 1 amide bonds. The quantitative estimate of drug-likeness (QED) is 0.500. The van der Waals surface area contributed by atoms with Crippen molar-refractivity contribution in [3.8, 4) is 0 Å². The van der Waals surface area contributed by atoms with E-state index in [-0.39, 0.29) is 18.3 Å². The first-order valence-electron chi connectivity index (χ1n) is 8.83. The van der Waals surface area contributed by atoms with Gasteiger partial charge in [0.05, 0.1) is 6.61 Å². The molecule has 1 aromatic heterocycles. The summed E-state index contributed by atoms with van der Waals surface area (Å²) in [4.78, 5) is 21.8. The summed E-state index contributed by atoms with van der Waals surface area (Å²) in [5.74, 6) is -0.315. The van der Waals surface area contributed by atoms with Gasteiger partial charge >= 0.3 is 5.91 Å². The number of furan rings is 1. The van der Waals surface area contributed by atoms with E-state index in [9.17, 15) is 14.8 Å². The summed E-state index contributed by atoms with van der Waals surface area (Å²) < 4.78 is 5.52. The van der Waals surface area contributed by atoms with Gasteiger partial charge in [-0.05, 0) is 12.5 Å². The zero-order chi connectivity index (χ0) is 18.4. The summed E-state index contributed by atoms with van der Waals surface area (Å²) in [7, 11) is -0.853. The molecule has 1 rings (SSSR count). The van der Waals surface area contributed by atoms with Gasteiger partial charge in [-0.15, -0.1) is 4.91 Å². The maximum absolute atomic E-state index is 11.4. The van der Waals surface area contributed by atoms with E-state index in [1.807, 2.05) is 6.92 Å². The summed E-state index contributed by atoms with van der Waals surface area (Å²) in [6.45, 7) is 13.5. The Morgan fingerprint density at radius 2 is 1.75 bits per heavy atom. The smallest absolute Gasteiger partial charge is 0.351 e. The first-order valence-corrected chi connectivity index (χ1v) is 10.8. The van der Waals surface area contributed by atoms with Gasteiger partial charge in [0, 0.05) is 25.5 Å². The highest BCUT2D eigenvalue weighted by Gasteiger charge is 2.27. The van der Waals surface area contributed by atoms with E-state index >= 15 is 0 Å². The second kappa shape index (κ2) is 9.27. The topological polar surface area (TPSA) is 79.9 Å². The summed E-state index contributed by atoms with van der Waals surface area (Å²) >= 11 is 0. The lowest BCUT2D eigenvalue weighted by molar-refractivity contribution is 0.0972. The van der Waals surface area contributed by atoms with Crippen LogP contribution in [0, 0.1) is 4.91 Å². The van der Waals surface area contributed by atoms with Crippen LogP contribution in [0.3, 0.4) is 0 Å². The Bertz CT molecular complexity index is 545. The zero-order valence-electron chi connectivity index (χ0n) is 15.7. The van der Waals surface area contributed by atoms with Gasteiger partial charge < -0.3 is 9.52 Å². The van der Waals surface area contributed by atoms with Crippen LogP contribution in [-0.2, 0) is 6.61 Å². The molecule has 0 bridgehead atoms. The third-order valence-electron chi connectivity index (χ3n) is 5.01. The molecular formula is C18H31NO4Si. The third-order valence-corrected chi connectivity index (χ3v) is 9.73. The van der Waals surface area contributed by atoms with Crippen molar-refractivity contribution in [1.82, 2.24) is 0 Å². The molecule has 6 heteroatoms. The molecule has 0 fully saturated rings. The molecule has 0 aliphatic rings. The van der Waals surface area contributed by atoms with Crippen molar-refractivity contribution in [2.45, 2.75) is 83.5 Å². The fourth-order valence-corrected chi connectivity index (χ4v) is 8.80. The number of amides is 1. The molecule has 1 aromatic rings. The van der Waals surface area contributed by atoms with Crippen molar-refractivity contribution < 1.29 is 14.3 Å². The summed E-state index contributed by atoms with van der Waals surface area (Å²) in [5, 5.41) is 11.9. The Hall–Kier alpha value is -1.27. The van der Waals surface area contributed by atoms with E-state index in [0.29, 0.717) is 11.3 Å². The molecule has 0 saturated heterocycles. The number of nitrogens with zero attached hydrogens (tertiary/aromatic N) is 1. The average molecular weight is 354 g/mol. The molecule has 0 aliphatic heterocycles. The Kier molecular flexibility index (Phi) is 8.03. The summed E-state index contributed by atoms with van der Waals surface area (Å²) in [6.07, 6.45) is 2.04. The molecule has 136 valence electrons. The normalized spacial score (nSPS) is 14.4. The second-order valence-electron chi connectivity index (χ2n) is 7.58. The first-order chi connectivity index (χ1) is 11.2. The number of aliphatic hydroxyl groups is 1. The maximum Gasteiger partial charge on any atom is 0.351 e. The molecule has 2 atom stereocenters. The van der Waals surface area contributed by atoms with Crippen LogP contribution in [0.15, 0.2) is 15.7 Å². The lowest BCUT2D eigenvalue weighted by Crippen LogP contribution is -2.26. The number of hydrogen-bond donors (Lipinski definition) is 1. The molecular weight excluding hydrogens is 322 g/mol. The lowest BCUT2D eigenvalue weighted by Gasteiger charge is -2.30. The molecule has 24 heavy (non-hydrogen) atoms. The minimum atomic E-state index is -0.927. The number of carbonyl (C=O) groups is 1. The van der Waals surface area contributed by atoms with Crippen LogP contribution in [0.4, 0.5) is 0 Å². The number of carbonyl (C=O) groups excluding carboxylic acids is 1. The number of hydrogen-bond acceptors (Lipinski definition) is 4. The van der Waals surface area contributed by atoms with Crippen LogP contribution in [0.1, 0.15) is 82.2 Å². The highest BCUT2D eigenvalue weighted by molar-refractivity contribution is 6.63. The summed E-state index contributed by atoms with van der Waals surface area (Å²) in [6, 6.07) is 1.43. The second-order valence-corrected chi connectivity index (χ2v) is 12.5. The van der Waals surface area contributed by atoms with Gasteiger partial charge in [0.15, 0.2) is 5.76 Å². The molecule has 0 saturated carbocycles. The zero-order valence-corrected chi connectivity index (χ0v) is 16.9. The molecule has 1 N–H and O–H groups in total. The van der Waals surface area contributed by atoms with Crippen molar-refractivity contribution in [3.05, 3.63) is 28.1 Å². The van der Waals surface area contributed by atoms with Crippen molar-refractivity contribution in [2.24, 2.45) is 5.18 Å². The number of nitroso groups, excluding NO2 is 1. The fraction of sp³-hybridized carbons (Fsp3) is 0.722. The van der Waals surface area contributed by atoms with Gasteiger partial charge in [0.25, 0.3) is 0 Å². The Morgan fingerprint density at radius 1 is 1.17 bits per heavy atom. The van der Waals surface area contributed by atoms with E-state index < -0.39 is 14.7 Å². The van der Waals surface area contributed by atoms with E-state index in [0.717, 1.165) is 29.5 Å². The fourth-order valence-electron chi connectivity index (χ4n) is 4.05. The van der Waals surface area contributed by atoms with Crippen molar-refractivity contribution in [2.75, 3.05) is 0 Å². The van der Waals surface area contributed by atoms with Crippen molar-refractivity contribution >= 4 is 14.7 Å². The van der Waals surface area contributed by atoms with Crippen LogP contribution in [0.5, 0.6) is 0 Å². The Balaban J connectivity index is 2.81. The van der Waals surface area contributed by atoms with Gasteiger partial charge in [-0.2, -0.15) is 0 Å². The first kappa shape index (κ1) is 20.8. The van der Waals surface area contributed by atoms with Crippen molar-refractivity contribution in [3.63, 3.8) is 0 Å². The monoisotopic (exact) mass is 353 g/mol. The highest BCUT2D eigenvalue weighted by atomic mass is 28.3. The minimum absolute atomic E-state index is 0.0828. The van der Waals surface area contributed by atoms with Gasteiger partial charge in [-0.25, -0.2) is 0 Å². The molecule has 2 unspecified atom stereocenters. The van der Waals surface area contributed by atoms with Crippen LogP contribution in [0.2, 0.25) is 16.6 Å². The molecule has 0 radical (unpaired) electrons. The van der Waals surface area contributed by atoms with E-state index in [2.05, 4.69) is 39.8 Å². The number of aliphatic hydroxyl groups excluding tert-OH is 1. The highest BCUT2D eigenvalue weighted by Crippen LogP contribution is 2.36. The van der Waals surface area contributed by atoms with Crippen LogP contribution in [0.25, 0.3) is 0 Å². The molecule has 0 aromatic carbocycles. The van der Waals surface area contributed by atoms with Crippen LogP contribution < -0.4 is 0 Å². The van der Waals surface area contributed by atoms with Crippen molar-refractivity contribution in [1.29, 1.82) is 0 Å². The van der Waals surface area contributed by atoms with Gasteiger partial charge in [-0.3, -0.25) is 4.79 Å². The Labute approximate surface area is 146 Å². The van der Waals surface area contributed by atoms with Crippen LogP contribution in [-0.4, -0.2) is 19.8 Å². The molecule has 5 nitrogen and oxygen atoms in total. The van der Waals surface area contributed by atoms with Crippen LogP contribution >= 0.6 is 0 Å². The lowest BCUT2D eigenvalue weighted by atomic mass is 9.99. The average Bonchev–Trinajstić information content (AvgIpc) is 2.95. The van der Waals surface area contributed by atoms with Gasteiger partial charge in [0.2, 0.25) is 0 Å². The molecule has 1 heterocycles. The number of rotatable bonds is 9. The SMILES string of the molecule is CC(CCC(C)[SiH](C(C)C)C(C)C)c1oc(C(=O)N=O)cc1CO.